The molecule has 3 rings (SSSR count). The van der Waals surface area contributed by atoms with Crippen LogP contribution in [0.1, 0.15) is 17.3 Å². The highest BCUT2D eigenvalue weighted by atomic mass is 16.5. The van der Waals surface area contributed by atoms with E-state index in [4.69, 9.17) is 4.74 Å². The van der Waals surface area contributed by atoms with Gasteiger partial charge in [-0.1, -0.05) is 0 Å². The Balaban J connectivity index is 1.58. The number of ether oxygens (including phenoxy) is 1. The summed E-state index contributed by atoms with van der Waals surface area (Å²) in [6.45, 7) is 3.21. The fourth-order valence-electron chi connectivity index (χ4n) is 2.94. The van der Waals surface area contributed by atoms with Crippen molar-refractivity contribution in [1.82, 2.24) is 14.9 Å². The van der Waals surface area contributed by atoms with E-state index in [-0.39, 0.29) is 11.5 Å². The second kappa shape index (κ2) is 9.73. The summed E-state index contributed by atoms with van der Waals surface area (Å²) < 4.78 is 6.91. The molecule has 3 aromatic rings. The third-order valence-corrected chi connectivity index (χ3v) is 4.62. The molecule has 0 aliphatic heterocycles. The molecule has 0 atom stereocenters. The molecule has 7 nitrogen and oxygen atoms in total. The maximum atomic E-state index is 12.4. The lowest BCUT2D eigenvalue weighted by Gasteiger charge is -2.13. The highest BCUT2D eigenvalue weighted by Crippen LogP contribution is 2.19. The summed E-state index contributed by atoms with van der Waals surface area (Å²) in [6, 6.07) is 16.3. The monoisotopic (exact) mass is 406 g/mol. The third-order valence-electron chi connectivity index (χ3n) is 4.62. The van der Waals surface area contributed by atoms with Crippen LogP contribution in [0.5, 0.6) is 5.75 Å². The lowest BCUT2D eigenvalue weighted by Crippen LogP contribution is -2.30. The number of carbonyl (C=O) groups excluding carboxylic acids is 1. The van der Waals surface area contributed by atoms with Crippen molar-refractivity contribution in [2.24, 2.45) is 0 Å². The van der Waals surface area contributed by atoms with Crippen LogP contribution in [0.25, 0.3) is 11.3 Å². The SMILES string of the molecule is CCOc1ccc(-c2cc(=O)n(CCNC(=O)c3ccc(N(C)C)cc3)cn2)cc1. The van der Waals surface area contributed by atoms with E-state index >= 15 is 0 Å². The second-order valence-electron chi connectivity index (χ2n) is 6.96. The molecule has 0 aliphatic carbocycles. The molecule has 0 saturated heterocycles. The minimum atomic E-state index is -0.174. The molecule has 0 fully saturated rings. The van der Waals surface area contributed by atoms with Gasteiger partial charge < -0.3 is 15.0 Å². The van der Waals surface area contributed by atoms with Crippen LogP contribution in [0, 0.1) is 0 Å². The number of rotatable bonds is 8. The molecule has 0 bridgehead atoms. The number of carbonyl (C=O) groups is 1. The minimum Gasteiger partial charge on any atom is -0.494 e. The topological polar surface area (TPSA) is 76.5 Å². The van der Waals surface area contributed by atoms with Gasteiger partial charge in [-0.05, 0) is 55.5 Å². The highest BCUT2D eigenvalue weighted by Gasteiger charge is 2.07. The number of nitrogens with one attached hydrogen (secondary N) is 1. The molecule has 7 heteroatoms. The standard InChI is InChI=1S/C23H26N4O3/c1-4-30-20-11-7-17(8-12-20)21-15-22(28)27(16-25-21)14-13-24-23(29)18-5-9-19(10-6-18)26(2)3/h5-12,15-16H,4,13-14H2,1-3H3,(H,24,29). The molecule has 1 amide bonds. The second-order valence-corrected chi connectivity index (χ2v) is 6.96. The Kier molecular flexibility index (Phi) is 6.85. The first-order valence-corrected chi connectivity index (χ1v) is 9.83. The maximum absolute atomic E-state index is 12.4. The van der Waals surface area contributed by atoms with Crippen molar-refractivity contribution in [3.63, 3.8) is 0 Å². The number of hydrogen-bond acceptors (Lipinski definition) is 5. The number of benzene rings is 2. The lowest BCUT2D eigenvalue weighted by molar-refractivity contribution is 0.0952. The summed E-state index contributed by atoms with van der Waals surface area (Å²) in [4.78, 5) is 31.0. The lowest BCUT2D eigenvalue weighted by atomic mass is 10.1. The number of aromatic nitrogens is 2. The number of hydrogen-bond donors (Lipinski definition) is 1. The predicted molar refractivity (Wildman–Crippen MR) is 118 cm³/mol. The fourth-order valence-corrected chi connectivity index (χ4v) is 2.94. The van der Waals surface area contributed by atoms with Gasteiger partial charge in [0.05, 0.1) is 18.6 Å². The molecule has 0 spiro atoms. The fraction of sp³-hybridized carbons (Fsp3) is 0.261. The zero-order valence-corrected chi connectivity index (χ0v) is 17.5. The Bertz CT molecular complexity index is 1040. The summed E-state index contributed by atoms with van der Waals surface area (Å²) in [5, 5.41) is 2.83. The molecule has 2 aromatic carbocycles. The van der Waals surface area contributed by atoms with Crippen LogP contribution in [0.4, 0.5) is 5.69 Å². The van der Waals surface area contributed by atoms with E-state index in [0.29, 0.717) is 31.0 Å². The molecule has 0 radical (unpaired) electrons. The molecule has 0 unspecified atom stereocenters. The van der Waals surface area contributed by atoms with Gasteiger partial charge in [0.2, 0.25) is 0 Å². The van der Waals surface area contributed by atoms with E-state index in [1.807, 2.05) is 62.3 Å². The summed E-state index contributed by atoms with van der Waals surface area (Å²) in [6.07, 6.45) is 1.51. The van der Waals surface area contributed by atoms with Crippen LogP contribution >= 0.6 is 0 Å². The largest absolute Gasteiger partial charge is 0.494 e. The number of amides is 1. The molecule has 1 heterocycles. The van der Waals surface area contributed by atoms with Gasteiger partial charge in [-0.3, -0.25) is 14.2 Å². The summed E-state index contributed by atoms with van der Waals surface area (Å²) in [5.41, 5.74) is 2.88. The average Bonchev–Trinajstić information content (AvgIpc) is 2.75. The normalized spacial score (nSPS) is 10.5. The van der Waals surface area contributed by atoms with E-state index in [0.717, 1.165) is 17.0 Å². The first kappa shape index (κ1) is 21.1. The van der Waals surface area contributed by atoms with Gasteiger partial charge in [-0.15, -0.1) is 0 Å². The van der Waals surface area contributed by atoms with Crippen molar-refractivity contribution in [2.75, 3.05) is 32.1 Å². The van der Waals surface area contributed by atoms with E-state index in [1.54, 1.807) is 12.1 Å². The Morgan fingerprint density at radius 1 is 1.10 bits per heavy atom. The zero-order chi connectivity index (χ0) is 21.5. The van der Waals surface area contributed by atoms with Crippen LogP contribution in [0.3, 0.4) is 0 Å². The van der Waals surface area contributed by atoms with Crippen LogP contribution < -0.4 is 20.5 Å². The zero-order valence-electron chi connectivity index (χ0n) is 17.5. The van der Waals surface area contributed by atoms with Crippen molar-refractivity contribution in [2.45, 2.75) is 13.5 Å². The van der Waals surface area contributed by atoms with Gasteiger partial charge in [-0.2, -0.15) is 0 Å². The van der Waals surface area contributed by atoms with E-state index in [9.17, 15) is 9.59 Å². The summed E-state index contributed by atoms with van der Waals surface area (Å²) in [7, 11) is 3.89. The molecule has 1 aromatic heterocycles. The minimum absolute atomic E-state index is 0.168. The highest BCUT2D eigenvalue weighted by molar-refractivity contribution is 5.94. The van der Waals surface area contributed by atoms with Crippen molar-refractivity contribution in [1.29, 1.82) is 0 Å². The summed E-state index contributed by atoms with van der Waals surface area (Å²) >= 11 is 0. The Morgan fingerprint density at radius 3 is 2.40 bits per heavy atom. The van der Waals surface area contributed by atoms with Crippen molar-refractivity contribution in [3.8, 4) is 17.0 Å². The first-order chi connectivity index (χ1) is 14.5. The quantitative estimate of drug-likeness (QED) is 0.623. The van der Waals surface area contributed by atoms with Gasteiger partial charge in [0.25, 0.3) is 11.5 Å². The van der Waals surface area contributed by atoms with Crippen molar-refractivity contribution >= 4 is 11.6 Å². The Hall–Kier alpha value is -3.61. The van der Waals surface area contributed by atoms with Gasteiger partial charge in [0.1, 0.15) is 5.75 Å². The predicted octanol–water partition coefficient (Wildman–Crippen LogP) is 2.81. The van der Waals surface area contributed by atoms with Crippen LogP contribution in [-0.2, 0) is 6.54 Å². The molecule has 0 aliphatic rings. The molecule has 30 heavy (non-hydrogen) atoms. The summed E-state index contributed by atoms with van der Waals surface area (Å²) in [5.74, 6) is 0.606. The Morgan fingerprint density at radius 2 is 1.80 bits per heavy atom. The molecular formula is C23H26N4O3. The van der Waals surface area contributed by atoms with Gasteiger partial charge in [-0.25, -0.2) is 4.98 Å². The van der Waals surface area contributed by atoms with Crippen molar-refractivity contribution < 1.29 is 9.53 Å². The van der Waals surface area contributed by atoms with E-state index in [1.165, 1.54) is 17.0 Å². The Labute approximate surface area is 175 Å². The number of nitrogens with zero attached hydrogens (tertiary/aromatic N) is 3. The first-order valence-electron chi connectivity index (χ1n) is 9.83. The number of anilines is 1. The average molecular weight is 406 g/mol. The molecule has 0 saturated carbocycles. The van der Waals surface area contributed by atoms with Gasteiger partial charge >= 0.3 is 0 Å². The molecule has 1 N–H and O–H groups in total. The molecular weight excluding hydrogens is 380 g/mol. The van der Waals surface area contributed by atoms with E-state index in [2.05, 4.69) is 10.3 Å². The maximum Gasteiger partial charge on any atom is 0.253 e. The third kappa shape index (κ3) is 5.26. The van der Waals surface area contributed by atoms with E-state index < -0.39 is 0 Å². The van der Waals surface area contributed by atoms with Gasteiger partial charge in [0, 0.05) is 50.1 Å². The smallest absolute Gasteiger partial charge is 0.253 e. The van der Waals surface area contributed by atoms with Crippen LogP contribution in [-0.4, -0.2) is 42.7 Å². The molecule has 156 valence electrons. The van der Waals surface area contributed by atoms with Crippen molar-refractivity contribution in [3.05, 3.63) is 76.8 Å². The van der Waals surface area contributed by atoms with Crippen LogP contribution in [0.2, 0.25) is 0 Å². The van der Waals surface area contributed by atoms with Gasteiger partial charge in [0.15, 0.2) is 0 Å². The van der Waals surface area contributed by atoms with Crippen LogP contribution in [0.15, 0.2) is 65.7 Å².